The van der Waals surface area contributed by atoms with Gasteiger partial charge in [-0.2, -0.15) is 0 Å². The van der Waals surface area contributed by atoms with Crippen molar-refractivity contribution in [1.29, 1.82) is 0 Å². The second-order valence-electron chi connectivity index (χ2n) is 8.75. The average Bonchev–Trinajstić information content (AvgIpc) is 3.06. The number of nitrogens with zero attached hydrogens (tertiary/aromatic N) is 4. The Bertz CT molecular complexity index is 1070. The van der Waals surface area contributed by atoms with Crippen molar-refractivity contribution in [3.63, 3.8) is 0 Å². The standard InChI is InChI=1S/C25H30FN5O4/c1-18(32)5-8-21-17-30(25(34)35-21)20-7-9-23(22(26)16-20)29-13-12-28-31(15-14-29)24(33)10-6-19-4-2-3-11-27-19/h2-4,7,9,11,16,21,28H,5-6,8,10,12-15,17H2,1H3/t21-/m0/s1. The Morgan fingerprint density at radius 2 is 2.03 bits per heavy atom. The zero-order valence-electron chi connectivity index (χ0n) is 19.8. The SMILES string of the molecule is CC(=O)CC[C@H]1CN(c2ccc(N3CCNN(C(=O)CCc4ccccn4)CC3)c(F)c2)C(=O)O1. The van der Waals surface area contributed by atoms with Crippen LogP contribution in [0, 0.1) is 5.82 Å². The van der Waals surface area contributed by atoms with Gasteiger partial charge in [0.25, 0.3) is 0 Å². The lowest BCUT2D eigenvalue weighted by Crippen LogP contribution is -2.43. The highest BCUT2D eigenvalue weighted by molar-refractivity contribution is 5.90. The number of carbonyl (C=O) groups is 3. The lowest BCUT2D eigenvalue weighted by molar-refractivity contribution is -0.134. The molecule has 0 saturated carbocycles. The maximum absolute atomic E-state index is 15.1. The summed E-state index contributed by atoms with van der Waals surface area (Å²) in [7, 11) is 0. The predicted molar refractivity (Wildman–Crippen MR) is 128 cm³/mol. The van der Waals surface area contributed by atoms with Crippen molar-refractivity contribution < 1.29 is 23.5 Å². The summed E-state index contributed by atoms with van der Waals surface area (Å²) < 4.78 is 20.4. The first-order chi connectivity index (χ1) is 16.9. The zero-order chi connectivity index (χ0) is 24.8. The number of aromatic nitrogens is 1. The number of hydrazine groups is 1. The molecule has 1 atom stereocenters. The fraction of sp³-hybridized carbons (Fsp3) is 0.440. The number of amides is 2. The van der Waals surface area contributed by atoms with E-state index in [1.807, 2.05) is 23.1 Å². The maximum Gasteiger partial charge on any atom is 0.414 e. The van der Waals surface area contributed by atoms with Crippen LogP contribution in [0.3, 0.4) is 0 Å². The highest BCUT2D eigenvalue weighted by Crippen LogP contribution is 2.29. The lowest BCUT2D eigenvalue weighted by Gasteiger charge is -2.24. The van der Waals surface area contributed by atoms with Gasteiger partial charge in [-0.15, -0.1) is 0 Å². The number of hydrogen-bond donors (Lipinski definition) is 1. The molecule has 1 aromatic heterocycles. The molecule has 0 bridgehead atoms. The normalized spacial score (nSPS) is 18.4. The third-order valence-corrected chi connectivity index (χ3v) is 6.18. The van der Waals surface area contributed by atoms with Gasteiger partial charge < -0.3 is 14.4 Å². The van der Waals surface area contributed by atoms with Crippen LogP contribution >= 0.6 is 0 Å². The molecule has 35 heavy (non-hydrogen) atoms. The third-order valence-electron chi connectivity index (χ3n) is 6.18. The first-order valence-corrected chi connectivity index (χ1v) is 11.9. The van der Waals surface area contributed by atoms with Gasteiger partial charge >= 0.3 is 6.09 Å². The quantitative estimate of drug-likeness (QED) is 0.617. The number of nitrogens with one attached hydrogen (secondary N) is 1. The van der Waals surface area contributed by atoms with Gasteiger partial charge in [0.05, 0.1) is 24.5 Å². The number of Topliss-reactive ketones (excluding diaryl/α,β-unsaturated/α-hetero) is 1. The molecule has 2 aliphatic heterocycles. The van der Waals surface area contributed by atoms with Crippen LogP contribution in [0.1, 0.15) is 31.9 Å². The molecule has 186 valence electrons. The minimum Gasteiger partial charge on any atom is -0.444 e. The van der Waals surface area contributed by atoms with E-state index in [4.69, 9.17) is 4.74 Å². The van der Waals surface area contributed by atoms with Gasteiger partial charge in [-0.05, 0) is 50.1 Å². The smallest absolute Gasteiger partial charge is 0.414 e. The summed E-state index contributed by atoms with van der Waals surface area (Å²) in [5.41, 5.74) is 4.83. The van der Waals surface area contributed by atoms with E-state index in [9.17, 15) is 14.4 Å². The molecule has 9 nitrogen and oxygen atoms in total. The molecule has 2 saturated heterocycles. The van der Waals surface area contributed by atoms with E-state index in [-0.39, 0.29) is 24.3 Å². The van der Waals surface area contributed by atoms with Gasteiger partial charge in [0.2, 0.25) is 5.91 Å². The minimum atomic E-state index is -0.537. The topological polar surface area (TPSA) is 95.1 Å². The van der Waals surface area contributed by atoms with Crippen LogP contribution in [0.15, 0.2) is 42.6 Å². The van der Waals surface area contributed by atoms with Crippen molar-refractivity contribution in [1.82, 2.24) is 15.4 Å². The number of pyridine rings is 1. The summed E-state index contributed by atoms with van der Waals surface area (Å²) in [4.78, 5) is 43.6. The van der Waals surface area contributed by atoms with Crippen molar-refractivity contribution in [2.24, 2.45) is 0 Å². The van der Waals surface area contributed by atoms with Crippen LogP contribution in [0.5, 0.6) is 0 Å². The van der Waals surface area contributed by atoms with E-state index in [1.165, 1.54) is 17.9 Å². The molecule has 0 aliphatic carbocycles. The number of ketones is 1. The molecule has 2 aromatic rings. The zero-order valence-corrected chi connectivity index (χ0v) is 19.8. The van der Waals surface area contributed by atoms with Crippen LogP contribution in [-0.4, -0.2) is 66.6 Å². The molecule has 2 amide bonds. The number of cyclic esters (lactones) is 1. The number of hydrogen-bond acceptors (Lipinski definition) is 7. The average molecular weight is 484 g/mol. The summed E-state index contributed by atoms with van der Waals surface area (Å²) >= 11 is 0. The van der Waals surface area contributed by atoms with Gasteiger partial charge in [-0.25, -0.2) is 14.6 Å². The van der Waals surface area contributed by atoms with E-state index >= 15 is 4.39 Å². The molecule has 0 unspecified atom stereocenters. The number of carbonyl (C=O) groups excluding carboxylic acids is 3. The van der Waals surface area contributed by atoms with E-state index in [0.29, 0.717) is 63.2 Å². The molecular formula is C25H30FN5O4. The molecule has 4 rings (SSSR count). The van der Waals surface area contributed by atoms with Crippen LogP contribution in [0.2, 0.25) is 0 Å². The fourth-order valence-electron chi connectivity index (χ4n) is 4.27. The summed E-state index contributed by atoms with van der Waals surface area (Å²) in [5, 5.41) is 1.59. The highest BCUT2D eigenvalue weighted by Gasteiger charge is 2.33. The van der Waals surface area contributed by atoms with Crippen molar-refractivity contribution >= 4 is 29.2 Å². The largest absolute Gasteiger partial charge is 0.444 e. The van der Waals surface area contributed by atoms with Gasteiger partial charge in [0, 0.05) is 44.4 Å². The van der Waals surface area contributed by atoms with Crippen LogP contribution in [0.25, 0.3) is 0 Å². The summed E-state index contributed by atoms with van der Waals surface area (Å²) in [6.07, 6.45) is 2.48. The lowest BCUT2D eigenvalue weighted by atomic mass is 10.1. The predicted octanol–water partition coefficient (Wildman–Crippen LogP) is 2.70. The Morgan fingerprint density at radius 3 is 2.77 bits per heavy atom. The maximum atomic E-state index is 15.1. The Hall–Kier alpha value is -3.53. The highest BCUT2D eigenvalue weighted by atomic mass is 19.1. The molecule has 2 aliphatic rings. The first-order valence-electron chi connectivity index (χ1n) is 11.9. The number of aryl methyl sites for hydroxylation is 1. The van der Waals surface area contributed by atoms with Crippen LogP contribution in [0.4, 0.5) is 20.6 Å². The number of ether oxygens (including phenoxy) is 1. The fourth-order valence-corrected chi connectivity index (χ4v) is 4.27. The van der Waals surface area contributed by atoms with E-state index in [0.717, 1.165) is 5.69 Å². The van der Waals surface area contributed by atoms with Gasteiger partial charge in [-0.3, -0.25) is 19.7 Å². The Morgan fingerprint density at radius 1 is 1.17 bits per heavy atom. The number of halogens is 1. The van der Waals surface area contributed by atoms with Crippen molar-refractivity contribution in [2.75, 3.05) is 42.5 Å². The van der Waals surface area contributed by atoms with Crippen molar-refractivity contribution in [3.8, 4) is 0 Å². The third kappa shape index (κ3) is 6.33. The Labute approximate surface area is 203 Å². The molecule has 1 aromatic carbocycles. The monoisotopic (exact) mass is 483 g/mol. The molecule has 1 N–H and O–H groups in total. The summed E-state index contributed by atoms with van der Waals surface area (Å²) in [6, 6.07) is 10.3. The molecule has 10 heteroatoms. The minimum absolute atomic E-state index is 0.0276. The van der Waals surface area contributed by atoms with Gasteiger partial charge in [0.1, 0.15) is 17.7 Å². The number of anilines is 2. The van der Waals surface area contributed by atoms with Crippen molar-refractivity contribution in [2.45, 2.75) is 38.7 Å². The Kier molecular flexibility index (Phi) is 7.91. The summed E-state index contributed by atoms with van der Waals surface area (Å²) in [5.74, 6) is -0.437. The number of benzene rings is 1. The van der Waals surface area contributed by atoms with Crippen LogP contribution in [-0.2, 0) is 20.7 Å². The van der Waals surface area contributed by atoms with Crippen LogP contribution < -0.4 is 15.2 Å². The molecule has 2 fully saturated rings. The Balaban J connectivity index is 1.33. The second-order valence-corrected chi connectivity index (χ2v) is 8.75. The van der Waals surface area contributed by atoms with Gasteiger partial charge in [0.15, 0.2) is 0 Å². The first kappa shape index (κ1) is 24.6. The van der Waals surface area contributed by atoms with E-state index in [2.05, 4.69) is 10.4 Å². The number of rotatable bonds is 8. The molecule has 3 heterocycles. The van der Waals surface area contributed by atoms with E-state index < -0.39 is 11.9 Å². The van der Waals surface area contributed by atoms with Gasteiger partial charge in [-0.1, -0.05) is 6.07 Å². The molecule has 0 spiro atoms. The second kappa shape index (κ2) is 11.3. The summed E-state index contributed by atoms with van der Waals surface area (Å²) in [6.45, 7) is 3.69. The molecule has 0 radical (unpaired) electrons. The molecular weight excluding hydrogens is 453 g/mol. The van der Waals surface area contributed by atoms with E-state index in [1.54, 1.807) is 23.3 Å². The van der Waals surface area contributed by atoms with Crippen molar-refractivity contribution in [3.05, 3.63) is 54.1 Å².